The molecule has 3 nitrogen and oxygen atoms in total. The lowest BCUT2D eigenvalue weighted by molar-refractivity contribution is -0.137. The first kappa shape index (κ1) is 21.4. The van der Waals surface area contributed by atoms with E-state index in [-0.39, 0.29) is 24.2 Å². The van der Waals surface area contributed by atoms with Crippen molar-refractivity contribution >= 4 is 23.1 Å². The van der Waals surface area contributed by atoms with E-state index in [1.807, 2.05) is 0 Å². The molecule has 0 spiro atoms. The Bertz CT molecular complexity index is 1090. The van der Waals surface area contributed by atoms with Crippen molar-refractivity contribution in [1.29, 1.82) is 0 Å². The van der Waals surface area contributed by atoms with Gasteiger partial charge in [0, 0.05) is 12.8 Å². The quantitative estimate of drug-likeness (QED) is 0.393. The maximum absolute atomic E-state index is 13.0. The number of ketones is 1. The topological polar surface area (TPSA) is 30.7 Å². The molecule has 0 fully saturated rings. The number of hydrogen-bond donors (Lipinski definition) is 0. The normalized spacial score (nSPS) is 11.0. The Balaban J connectivity index is 1.61. The minimum atomic E-state index is -4.57. The van der Waals surface area contributed by atoms with Crippen molar-refractivity contribution < 1.29 is 22.7 Å². The van der Waals surface area contributed by atoms with Crippen LogP contribution in [0, 0.1) is 6.57 Å². The van der Waals surface area contributed by atoms with E-state index in [1.165, 1.54) is 6.07 Å². The summed E-state index contributed by atoms with van der Waals surface area (Å²) in [4.78, 5) is 15.6. The third-order valence-electron chi connectivity index (χ3n) is 4.26. The molecule has 3 rings (SSSR count). The zero-order valence-corrected chi connectivity index (χ0v) is 16.3. The second-order valence-corrected chi connectivity index (χ2v) is 6.96. The molecule has 0 heterocycles. The summed E-state index contributed by atoms with van der Waals surface area (Å²) in [6, 6.07) is 17.0. The molecule has 3 aromatic carbocycles. The predicted octanol–water partition coefficient (Wildman–Crippen LogP) is 7.06. The Morgan fingerprint density at radius 2 is 1.43 bits per heavy atom. The molecular formula is C23H15ClF3NO2. The first-order valence-corrected chi connectivity index (χ1v) is 9.24. The highest BCUT2D eigenvalue weighted by Gasteiger charge is 2.33. The number of alkyl halides is 3. The van der Waals surface area contributed by atoms with Gasteiger partial charge in [-0.05, 0) is 47.5 Å². The van der Waals surface area contributed by atoms with E-state index in [0.29, 0.717) is 17.2 Å². The second kappa shape index (κ2) is 9.02. The third-order valence-corrected chi connectivity index (χ3v) is 4.59. The van der Waals surface area contributed by atoms with Crippen molar-refractivity contribution in [1.82, 2.24) is 0 Å². The SMILES string of the molecule is [C-]#[N+]c1ccc(Oc2ccc(CC(=O)Cc3ccc(Cl)c(C(F)(F)F)c3)cc2)cc1. The van der Waals surface area contributed by atoms with Gasteiger partial charge in [-0.2, -0.15) is 13.2 Å². The minimum absolute atomic E-state index is 0.0873. The number of hydrogen-bond acceptors (Lipinski definition) is 2. The van der Waals surface area contributed by atoms with E-state index >= 15 is 0 Å². The van der Waals surface area contributed by atoms with Gasteiger partial charge in [0.05, 0.1) is 17.2 Å². The van der Waals surface area contributed by atoms with Crippen LogP contribution in [-0.4, -0.2) is 5.78 Å². The number of ether oxygens (including phenoxy) is 1. The average molecular weight is 430 g/mol. The van der Waals surface area contributed by atoms with E-state index < -0.39 is 16.8 Å². The molecule has 0 radical (unpaired) electrons. The Morgan fingerprint density at radius 3 is 2.00 bits per heavy atom. The zero-order chi connectivity index (χ0) is 21.7. The molecule has 0 saturated carbocycles. The standard InChI is InChI=1S/C23H15ClF3NO2/c1-28-17-5-9-20(10-6-17)30-19-7-2-15(3-8-19)12-18(29)13-16-4-11-22(24)21(14-16)23(25,26)27/h2-11,14H,12-13H2. The fraction of sp³-hybridized carbons (Fsp3) is 0.130. The number of rotatable bonds is 6. The molecule has 0 bridgehead atoms. The Hall–Kier alpha value is -3.30. The molecule has 30 heavy (non-hydrogen) atoms. The number of benzene rings is 3. The van der Waals surface area contributed by atoms with Gasteiger partial charge in [-0.1, -0.05) is 41.9 Å². The molecule has 0 aromatic heterocycles. The summed E-state index contributed by atoms with van der Waals surface area (Å²) in [6.07, 6.45) is -4.60. The van der Waals surface area contributed by atoms with Gasteiger partial charge in [-0.3, -0.25) is 4.79 Å². The van der Waals surface area contributed by atoms with Gasteiger partial charge in [-0.15, -0.1) is 0 Å². The molecule has 0 atom stereocenters. The van der Waals surface area contributed by atoms with Crippen LogP contribution in [0.1, 0.15) is 16.7 Å². The summed E-state index contributed by atoms with van der Waals surface area (Å²) in [6.45, 7) is 6.93. The van der Waals surface area contributed by atoms with Crippen molar-refractivity contribution in [3.63, 3.8) is 0 Å². The summed E-state index contributed by atoms with van der Waals surface area (Å²) >= 11 is 5.61. The highest BCUT2D eigenvalue weighted by molar-refractivity contribution is 6.31. The maximum atomic E-state index is 13.0. The van der Waals surface area contributed by atoms with E-state index in [1.54, 1.807) is 48.5 Å². The van der Waals surface area contributed by atoms with Crippen molar-refractivity contribution in [3.8, 4) is 11.5 Å². The van der Waals surface area contributed by atoms with E-state index in [9.17, 15) is 18.0 Å². The van der Waals surface area contributed by atoms with Crippen LogP contribution in [0.3, 0.4) is 0 Å². The molecule has 0 aliphatic rings. The van der Waals surface area contributed by atoms with Gasteiger partial charge in [0.25, 0.3) is 0 Å². The van der Waals surface area contributed by atoms with Crippen LogP contribution in [0.15, 0.2) is 66.7 Å². The summed E-state index contributed by atoms with van der Waals surface area (Å²) < 4.78 is 44.5. The third kappa shape index (κ3) is 5.62. The molecule has 0 N–H and O–H groups in total. The lowest BCUT2D eigenvalue weighted by atomic mass is 10.0. The predicted molar refractivity (Wildman–Crippen MR) is 108 cm³/mol. The summed E-state index contributed by atoms with van der Waals surface area (Å²) in [7, 11) is 0. The number of carbonyl (C=O) groups is 1. The second-order valence-electron chi connectivity index (χ2n) is 6.56. The van der Waals surface area contributed by atoms with Gasteiger partial charge in [0.2, 0.25) is 0 Å². The Labute approximate surface area is 176 Å². The van der Waals surface area contributed by atoms with E-state index in [2.05, 4.69) is 4.85 Å². The van der Waals surface area contributed by atoms with Gasteiger partial charge >= 0.3 is 6.18 Å². The molecule has 0 unspecified atom stereocenters. The van der Waals surface area contributed by atoms with Crippen molar-refractivity contribution in [3.05, 3.63) is 99.9 Å². The van der Waals surface area contributed by atoms with Crippen LogP contribution >= 0.6 is 11.6 Å². The average Bonchev–Trinajstić information content (AvgIpc) is 2.70. The van der Waals surface area contributed by atoms with E-state index in [0.717, 1.165) is 17.7 Å². The summed E-state index contributed by atoms with van der Waals surface area (Å²) in [5, 5.41) is -0.391. The first-order chi connectivity index (χ1) is 14.2. The van der Waals surface area contributed by atoms with Crippen LogP contribution in [0.4, 0.5) is 18.9 Å². The van der Waals surface area contributed by atoms with Crippen molar-refractivity contribution in [2.24, 2.45) is 0 Å². The maximum Gasteiger partial charge on any atom is 0.417 e. The van der Waals surface area contributed by atoms with Crippen LogP contribution < -0.4 is 4.74 Å². The fourth-order valence-corrected chi connectivity index (χ4v) is 3.04. The molecule has 152 valence electrons. The Kier molecular flexibility index (Phi) is 6.43. The van der Waals surface area contributed by atoms with Crippen LogP contribution in [0.25, 0.3) is 4.85 Å². The number of Topliss-reactive ketones (excluding diaryl/α,β-unsaturated/α-hetero) is 1. The van der Waals surface area contributed by atoms with Gasteiger partial charge < -0.3 is 4.74 Å². The monoisotopic (exact) mass is 429 g/mol. The molecule has 0 aliphatic heterocycles. The number of halogens is 4. The highest BCUT2D eigenvalue weighted by Crippen LogP contribution is 2.35. The zero-order valence-electron chi connectivity index (χ0n) is 15.5. The molecule has 0 saturated heterocycles. The van der Waals surface area contributed by atoms with Crippen LogP contribution in [0.5, 0.6) is 11.5 Å². The number of carbonyl (C=O) groups excluding carboxylic acids is 1. The summed E-state index contributed by atoms with van der Waals surface area (Å²) in [5.41, 5.74) is 0.555. The molecule has 3 aromatic rings. The first-order valence-electron chi connectivity index (χ1n) is 8.86. The fourth-order valence-electron chi connectivity index (χ4n) is 2.82. The summed E-state index contributed by atoms with van der Waals surface area (Å²) in [5.74, 6) is 0.928. The molecular weight excluding hydrogens is 415 g/mol. The molecule has 7 heteroatoms. The van der Waals surface area contributed by atoms with Gasteiger partial charge in [0.1, 0.15) is 17.3 Å². The molecule has 0 aliphatic carbocycles. The Morgan fingerprint density at radius 1 is 0.900 bits per heavy atom. The van der Waals surface area contributed by atoms with Crippen LogP contribution in [0.2, 0.25) is 5.02 Å². The largest absolute Gasteiger partial charge is 0.457 e. The van der Waals surface area contributed by atoms with Crippen molar-refractivity contribution in [2.45, 2.75) is 19.0 Å². The van der Waals surface area contributed by atoms with Crippen molar-refractivity contribution in [2.75, 3.05) is 0 Å². The lowest BCUT2D eigenvalue weighted by Crippen LogP contribution is -2.10. The highest BCUT2D eigenvalue weighted by atomic mass is 35.5. The van der Waals surface area contributed by atoms with Gasteiger partial charge in [-0.25, -0.2) is 4.85 Å². The van der Waals surface area contributed by atoms with Gasteiger partial charge in [0.15, 0.2) is 5.69 Å². The van der Waals surface area contributed by atoms with Crippen LogP contribution in [-0.2, 0) is 23.8 Å². The molecule has 0 amide bonds. The van der Waals surface area contributed by atoms with E-state index in [4.69, 9.17) is 22.9 Å². The smallest absolute Gasteiger partial charge is 0.417 e. The lowest BCUT2D eigenvalue weighted by Gasteiger charge is -2.11. The number of nitrogens with zero attached hydrogens (tertiary/aromatic N) is 1. The minimum Gasteiger partial charge on any atom is -0.457 e.